The van der Waals surface area contributed by atoms with Gasteiger partial charge in [-0.3, -0.25) is 9.36 Å². The molecule has 0 radical (unpaired) electrons. The zero-order valence-electron chi connectivity index (χ0n) is 21.5. The van der Waals surface area contributed by atoms with Crippen molar-refractivity contribution in [2.24, 2.45) is 0 Å². The predicted molar refractivity (Wildman–Crippen MR) is 144 cm³/mol. The van der Waals surface area contributed by atoms with Crippen molar-refractivity contribution in [3.8, 4) is 28.6 Å². The van der Waals surface area contributed by atoms with E-state index in [0.717, 1.165) is 11.3 Å². The molecule has 0 saturated heterocycles. The fourth-order valence-corrected chi connectivity index (χ4v) is 5.22. The normalized spacial score (nSPS) is 10.6. The van der Waals surface area contributed by atoms with Gasteiger partial charge >= 0.3 is 5.97 Å². The number of aromatic nitrogens is 3. The van der Waals surface area contributed by atoms with Gasteiger partial charge in [0.05, 0.1) is 39.3 Å². The molecule has 12 heteroatoms. The smallest absolute Gasteiger partial charge is 0.341 e. The molecule has 1 aromatic carbocycles. The number of ether oxygens (including phenoxy) is 4. The van der Waals surface area contributed by atoms with Crippen molar-refractivity contribution in [2.75, 3.05) is 39.0 Å². The molecule has 1 amide bonds. The minimum absolute atomic E-state index is 0.0617. The molecular weight excluding hydrogens is 516 g/mol. The van der Waals surface area contributed by atoms with E-state index in [0.29, 0.717) is 50.9 Å². The van der Waals surface area contributed by atoms with Gasteiger partial charge in [-0.1, -0.05) is 24.8 Å². The molecule has 0 aliphatic heterocycles. The van der Waals surface area contributed by atoms with E-state index in [1.165, 1.54) is 30.2 Å². The summed E-state index contributed by atoms with van der Waals surface area (Å²) in [5, 5.41) is 12.5. The highest BCUT2D eigenvalue weighted by molar-refractivity contribution is 7.99. The van der Waals surface area contributed by atoms with E-state index >= 15 is 0 Å². The first-order valence-electron chi connectivity index (χ1n) is 11.5. The van der Waals surface area contributed by atoms with Crippen molar-refractivity contribution in [1.29, 1.82) is 0 Å². The van der Waals surface area contributed by atoms with Crippen LogP contribution in [0.25, 0.3) is 11.4 Å². The summed E-state index contributed by atoms with van der Waals surface area (Å²) in [5.74, 6) is 1.32. The van der Waals surface area contributed by atoms with Crippen molar-refractivity contribution >= 4 is 40.0 Å². The molecule has 0 aliphatic rings. The number of benzene rings is 1. The Bertz CT molecular complexity index is 1250. The summed E-state index contributed by atoms with van der Waals surface area (Å²) in [4.78, 5) is 26.1. The van der Waals surface area contributed by atoms with Crippen LogP contribution in [0.5, 0.6) is 17.2 Å². The molecule has 1 N–H and O–H groups in total. The van der Waals surface area contributed by atoms with Gasteiger partial charge in [-0.25, -0.2) is 4.79 Å². The number of allylic oxidation sites excluding steroid dienone is 1. The summed E-state index contributed by atoms with van der Waals surface area (Å²) in [6.45, 7) is 8.23. The standard InChI is InChI=1S/C25H30N4O6S2/c1-7-10-29-22(15-11-18(32-4)21(34-6)19(12-15)33-5)27-28-25(29)36-14-20(30)26-23-17(24(31)35-9-3)13-16(8-2)37-23/h7,11-13H,1,8-10,14H2,2-6H3,(H,26,30). The molecule has 37 heavy (non-hydrogen) atoms. The van der Waals surface area contributed by atoms with E-state index in [4.69, 9.17) is 18.9 Å². The summed E-state index contributed by atoms with van der Waals surface area (Å²) in [5.41, 5.74) is 1.06. The topological polar surface area (TPSA) is 114 Å². The van der Waals surface area contributed by atoms with Crippen LogP contribution in [-0.4, -0.2) is 60.3 Å². The van der Waals surface area contributed by atoms with Crippen LogP contribution in [0.1, 0.15) is 29.1 Å². The molecule has 3 aromatic rings. The third-order valence-corrected chi connectivity index (χ3v) is 7.33. The molecule has 2 aromatic heterocycles. The molecule has 198 valence electrons. The molecular formula is C25H30N4O6S2. The van der Waals surface area contributed by atoms with E-state index < -0.39 is 5.97 Å². The van der Waals surface area contributed by atoms with Crippen LogP contribution >= 0.6 is 23.1 Å². The monoisotopic (exact) mass is 546 g/mol. The second-order valence-electron chi connectivity index (χ2n) is 7.49. The number of carbonyl (C=O) groups excluding carboxylic acids is 2. The Kier molecular flexibility index (Phi) is 9.98. The summed E-state index contributed by atoms with van der Waals surface area (Å²) < 4.78 is 23.3. The Morgan fingerprint density at radius 2 is 1.81 bits per heavy atom. The van der Waals surface area contributed by atoms with Crippen LogP contribution in [0, 0.1) is 0 Å². The van der Waals surface area contributed by atoms with Gasteiger partial charge in [0.2, 0.25) is 11.7 Å². The van der Waals surface area contributed by atoms with Gasteiger partial charge < -0.3 is 24.3 Å². The Morgan fingerprint density at radius 1 is 1.11 bits per heavy atom. The Morgan fingerprint density at radius 3 is 2.38 bits per heavy atom. The van der Waals surface area contributed by atoms with Crippen molar-refractivity contribution in [3.05, 3.63) is 41.3 Å². The molecule has 0 fully saturated rings. The number of amides is 1. The second-order valence-corrected chi connectivity index (χ2v) is 9.57. The first-order valence-corrected chi connectivity index (χ1v) is 13.3. The number of aryl methyl sites for hydroxylation is 1. The number of nitrogens with one attached hydrogen (secondary N) is 1. The Labute approximate surface area is 224 Å². The number of rotatable bonds is 13. The van der Waals surface area contributed by atoms with Crippen LogP contribution < -0.4 is 19.5 Å². The van der Waals surface area contributed by atoms with Gasteiger partial charge in [0, 0.05) is 17.0 Å². The van der Waals surface area contributed by atoms with Crippen molar-refractivity contribution in [1.82, 2.24) is 14.8 Å². The largest absolute Gasteiger partial charge is 0.493 e. The van der Waals surface area contributed by atoms with Crippen LogP contribution in [0.15, 0.2) is 36.0 Å². The van der Waals surface area contributed by atoms with Crippen molar-refractivity contribution in [2.45, 2.75) is 32.0 Å². The van der Waals surface area contributed by atoms with E-state index in [-0.39, 0.29) is 18.3 Å². The lowest BCUT2D eigenvalue weighted by atomic mass is 10.1. The average molecular weight is 547 g/mol. The molecule has 2 heterocycles. The van der Waals surface area contributed by atoms with E-state index in [2.05, 4.69) is 22.1 Å². The Hall–Kier alpha value is -3.51. The molecule has 0 saturated carbocycles. The summed E-state index contributed by atoms with van der Waals surface area (Å²) in [6, 6.07) is 5.33. The van der Waals surface area contributed by atoms with Gasteiger partial charge in [-0.2, -0.15) is 0 Å². The number of esters is 1. The van der Waals surface area contributed by atoms with Crippen LogP contribution in [0.3, 0.4) is 0 Å². The fraction of sp³-hybridized carbons (Fsp3) is 0.360. The van der Waals surface area contributed by atoms with E-state index in [9.17, 15) is 9.59 Å². The number of thiophene rings is 1. The van der Waals surface area contributed by atoms with Gasteiger partial charge in [0.15, 0.2) is 22.5 Å². The molecule has 0 atom stereocenters. The molecule has 0 bridgehead atoms. The van der Waals surface area contributed by atoms with Crippen molar-refractivity contribution < 1.29 is 28.5 Å². The first kappa shape index (κ1) is 28.1. The van der Waals surface area contributed by atoms with Gasteiger partial charge in [0.1, 0.15) is 5.00 Å². The maximum Gasteiger partial charge on any atom is 0.341 e. The minimum atomic E-state index is -0.456. The highest BCUT2D eigenvalue weighted by atomic mass is 32.2. The third kappa shape index (κ3) is 6.44. The zero-order valence-corrected chi connectivity index (χ0v) is 23.1. The fourth-order valence-electron chi connectivity index (χ4n) is 3.48. The molecule has 3 rings (SSSR count). The maximum atomic E-state index is 12.8. The van der Waals surface area contributed by atoms with Gasteiger partial charge in [-0.05, 0) is 31.5 Å². The number of methoxy groups -OCH3 is 3. The van der Waals surface area contributed by atoms with Gasteiger partial charge in [-0.15, -0.1) is 28.1 Å². The van der Waals surface area contributed by atoms with Crippen LogP contribution in [0.4, 0.5) is 5.00 Å². The van der Waals surface area contributed by atoms with Crippen LogP contribution in [-0.2, 0) is 22.5 Å². The SMILES string of the molecule is C=CCn1c(SCC(=O)Nc2sc(CC)cc2C(=O)OCC)nnc1-c1cc(OC)c(OC)c(OC)c1. The average Bonchev–Trinajstić information content (AvgIpc) is 3.50. The third-order valence-electron chi connectivity index (χ3n) is 5.16. The molecule has 0 unspecified atom stereocenters. The maximum absolute atomic E-state index is 12.8. The highest BCUT2D eigenvalue weighted by Crippen LogP contribution is 2.41. The lowest BCUT2D eigenvalue weighted by molar-refractivity contribution is -0.113. The number of hydrogen-bond acceptors (Lipinski definition) is 10. The number of hydrogen-bond donors (Lipinski definition) is 1. The Balaban J connectivity index is 1.82. The molecule has 0 aliphatic carbocycles. The summed E-state index contributed by atoms with van der Waals surface area (Å²) >= 11 is 2.59. The number of nitrogens with zero attached hydrogens (tertiary/aromatic N) is 3. The summed E-state index contributed by atoms with van der Waals surface area (Å²) in [6.07, 6.45) is 2.47. The first-order chi connectivity index (χ1) is 17.9. The molecule has 10 nitrogen and oxygen atoms in total. The zero-order chi connectivity index (χ0) is 26.9. The lowest BCUT2D eigenvalue weighted by Crippen LogP contribution is -2.16. The van der Waals surface area contributed by atoms with Crippen molar-refractivity contribution in [3.63, 3.8) is 0 Å². The second kappa shape index (κ2) is 13.2. The quantitative estimate of drug-likeness (QED) is 0.185. The number of anilines is 1. The lowest BCUT2D eigenvalue weighted by Gasteiger charge is -2.14. The summed E-state index contributed by atoms with van der Waals surface area (Å²) in [7, 11) is 4.62. The highest BCUT2D eigenvalue weighted by Gasteiger charge is 2.22. The number of thioether (sulfide) groups is 1. The van der Waals surface area contributed by atoms with Crippen LogP contribution in [0.2, 0.25) is 0 Å². The van der Waals surface area contributed by atoms with E-state index in [1.807, 2.05) is 11.5 Å². The minimum Gasteiger partial charge on any atom is -0.493 e. The van der Waals surface area contributed by atoms with Gasteiger partial charge in [0.25, 0.3) is 0 Å². The predicted octanol–water partition coefficient (Wildman–Crippen LogP) is 4.69. The number of carbonyl (C=O) groups is 2. The molecule has 0 spiro atoms. The van der Waals surface area contributed by atoms with E-state index in [1.54, 1.807) is 45.4 Å².